The van der Waals surface area contributed by atoms with Crippen LogP contribution < -0.4 is 5.32 Å². The van der Waals surface area contributed by atoms with Crippen molar-refractivity contribution in [3.63, 3.8) is 0 Å². The van der Waals surface area contributed by atoms with Crippen LogP contribution in [0.3, 0.4) is 0 Å². The predicted octanol–water partition coefficient (Wildman–Crippen LogP) is 2.89. The minimum absolute atomic E-state index is 0.164. The average Bonchev–Trinajstić information content (AvgIpc) is 2.68. The molecule has 1 N–H and O–H groups in total. The van der Waals surface area contributed by atoms with Gasteiger partial charge in [0.2, 0.25) is 5.76 Å². The fraction of sp³-hybridized carbons (Fsp3) is 0.0909. The van der Waals surface area contributed by atoms with Crippen LogP contribution in [0.15, 0.2) is 34.9 Å². The second kappa shape index (κ2) is 4.37. The lowest BCUT2D eigenvalue weighted by Gasteiger charge is -2.04. The van der Waals surface area contributed by atoms with Gasteiger partial charge in [0.25, 0.3) is 5.91 Å². The van der Waals surface area contributed by atoms with E-state index in [0.29, 0.717) is 16.6 Å². The molecule has 0 bridgehead atoms. The highest BCUT2D eigenvalue weighted by molar-refractivity contribution is 6.33. The first kappa shape index (κ1) is 10.7. The summed E-state index contributed by atoms with van der Waals surface area (Å²) in [6.45, 7) is 1.67. The van der Waals surface area contributed by atoms with E-state index in [1.165, 1.54) is 6.20 Å². The highest BCUT2D eigenvalue weighted by Gasteiger charge is 2.12. The lowest BCUT2D eigenvalue weighted by molar-refractivity contribution is 0.0995. The van der Waals surface area contributed by atoms with Gasteiger partial charge in [-0.3, -0.25) is 4.79 Å². The van der Waals surface area contributed by atoms with Gasteiger partial charge in [0.1, 0.15) is 0 Å². The van der Waals surface area contributed by atoms with Crippen LogP contribution in [-0.2, 0) is 0 Å². The zero-order chi connectivity index (χ0) is 11.5. The maximum atomic E-state index is 11.7. The van der Waals surface area contributed by atoms with Gasteiger partial charge in [0, 0.05) is 6.92 Å². The Hall–Kier alpha value is -1.81. The van der Waals surface area contributed by atoms with E-state index in [4.69, 9.17) is 16.0 Å². The molecule has 1 amide bonds. The molecule has 0 radical (unpaired) electrons. The maximum Gasteiger partial charge on any atom is 0.293 e. The van der Waals surface area contributed by atoms with Crippen LogP contribution in [0.4, 0.5) is 5.69 Å². The van der Waals surface area contributed by atoms with Gasteiger partial charge in [0.15, 0.2) is 5.89 Å². The molecule has 4 nitrogen and oxygen atoms in total. The van der Waals surface area contributed by atoms with E-state index in [1.807, 2.05) is 0 Å². The Labute approximate surface area is 97.2 Å². The normalized spacial score (nSPS) is 10.1. The van der Waals surface area contributed by atoms with Gasteiger partial charge in [-0.15, -0.1) is 0 Å². The van der Waals surface area contributed by atoms with Crippen LogP contribution in [-0.4, -0.2) is 10.9 Å². The number of halogens is 1. The molecule has 0 aliphatic rings. The Morgan fingerprint density at radius 2 is 2.19 bits per heavy atom. The summed E-state index contributed by atoms with van der Waals surface area (Å²) in [5, 5.41) is 3.11. The summed E-state index contributed by atoms with van der Waals surface area (Å²) in [6, 6.07) is 6.98. The minimum atomic E-state index is -0.367. The number of carbonyl (C=O) groups excluding carboxylic acids is 1. The third-order valence-corrected chi connectivity index (χ3v) is 2.30. The van der Waals surface area contributed by atoms with Crippen LogP contribution in [0, 0.1) is 6.92 Å². The van der Waals surface area contributed by atoms with Crippen molar-refractivity contribution >= 4 is 23.2 Å². The molecular weight excluding hydrogens is 228 g/mol. The van der Waals surface area contributed by atoms with Crippen molar-refractivity contribution in [3.8, 4) is 0 Å². The topological polar surface area (TPSA) is 55.1 Å². The van der Waals surface area contributed by atoms with Crippen LogP contribution in [0.25, 0.3) is 0 Å². The molecule has 1 heterocycles. The molecule has 0 saturated carbocycles. The number of anilines is 1. The Balaban J connectivity index is 2.17. The zero-order valence-electron chi connectivity index (χ0n) is 8.53. The third kappa shape index (κ3) is 2.23. The molecule has 5 heteroatoms. The molecule has 0 fully saturated rings. The van der Waals surface area contributed by atoms with Crippen LogP contribution >= 0.6 is 11.6 Å². The SMILES string of the molecule is Cc1ncc(C(=O)Nc2ccccc2Cl)o1. The fourth-order valence-corrected chi connectivity index (χ4v) is 1.40. The first-order valence-corrected chi connectivity index (χ1v) is 5.03. The van der Waals surface area contributed by atoms with Crippen LogP contribution in [0.5, 0.6) is 0 Å². The molecule has 2 aromatic rings. The molecule has 0 saturated heterocycles. The van der Waals surface area contributed by atoms with Crippen LogP contribution in [0.2, 0.25) is 5.02 Å². The number of benzene rings is 1. The summed E-state index contributed by atoms with van der Waals surface area (Å²) in [4.78, 5) is 15.5. The molecule has 0 spiro atoms. The van der Waals surface area contributed by atoms with Gasteiger partial charge in [-0.2, -0.15) is 0 Å². The Morgan fingerprint density at radius 1 is 1.44 bits per heavy atom. The van der Waals surface area contributed by atoms with Gasteiger partial charge in [-0.1, -0.05) is 23.7 Å². The van der Waals surface area contributed by atoms with Crippen molar-refractivity contribution in [2.24, 2.45) is 0 Å². The summed E-state index contributed by atoms with van der Waals surface area (Å²) in [7, 11) is 0. The molecule has 16 heavy (non-hydrogen) atoms. The Morgan fingerprint density at radius 3 is 2.81 bits per heavy atom. The largest absolute Gasteiger partial charge is 0.436 e. The quantitative estimate of drug-likeness (QED) is 0.872. The average molecular weight is 237 g/mol. The second-order valence-electron chi connectivity index (χ2n) is 3.18. The van der Waals surface area contributed by atoms with Crippen molar-refractivity contribution in [1.82, 2.24) is 4.98 Å². The van der Waals surface area contributed by atoms with E-state index in [2.05, 4.69) is 10.3 Å². The van der Waals surface area contributed by atoms with Crippen molar-refractivity contribution < 1.29 is 9.21 Å². The number of hydrogen-bond acceptors (Lipinski definition) is 3. The molecular formula is C11H9ClN2O2. The van der Waals surface area contributed by atoms with Crippen molar-refractivity contribution in [3.05, 3.63) is 47.1 Å². The number of para-hydroxylation sites is 1. The molecule has 2 rings (SSSR count). The first-order chi connectivity index (χ1) is 7.66. The van der Waals surface area contributed by atoms with Crippen LogP contribution in [0.1, 0.15) is 16.4 Å². The molecule has 82 valence electrons. The molecule has 0 aliphatic heterocycles. The monoisotopic (exact) mass is 236 g/mol. The summed E-state index contributed by atoms with van der Waals surface area (Å²) in [5.41, 5.74) is 0.545. The predicted molar refractivity (Wildman–Crippen MR) is 60.6 cm³/mol. The molecule has 1 aromatic heterocycles. The van der Waals surface area contributed by atoms with Gasteiger partial charge in [-0.25, -0.2) is 4.98 Å². The van der Waals surface area contributed by atoms with E-state index in [-0.39, 0.29) is 11.7 Å². The summed E-state index contributed by atoms with van der Waals surface area (Å²) in [5.74, 6) is 0.246. The van der Waals surface area contributed by atoms with E-state index in [9.17, 15) is 4.79 Å². The summed E-state index contributed by atoms with van der Waals surface area (Å²) < 4.78 is 5.09. The highest BCUT2D eigenvalue weighted by Crippen LogP contribution is 2.21. The fourth-order valence-electron chi connectivity index (χ4n) is 1.21. The first-order valence-electron chi connectivity index (χ1n) is 4.65. The number of aryl methyl sites for hydroxylation is 1. The van der Waals surface area contributed by atoms with E-state index >= 15 is 0 Å². The molecule has 0 aliphatic carbocycles. The summed E-state index contributed by atoms with van der Waals surface area (Å²) in [6.07, 6.45) is 1.38. The number of amides is 1. The minimum Gasteiger partial charge on any atom is -0.436 e. The van der Waals surface area contributed by atoms with Gasteiger partial charge < -0.3 is 9.73 Å². The maximum absolute atomic E-state index is 11.7. The smallest absolute Gasteiger partial charge is 0.293 e. The van der Waals surface area contributed by atoms with Crippen molar-refractivity contribution in [2.45, 2.75) is 6.92 Å². The standard InChI is InChI=1S/C11H9ClN2O2/c1-7-13-6-10(16-7)11(15)14-9-5-3-2-4-8(9)12/h2-6H,1H3,(H,14,15). The van der Waals surface area contributed by atoms with E-state index in [0.717, 1.165) is 0 Å². The number of carbonyl (C=O) groups is 1. The Kier molecular flexibility index (Phi) is 2.92. The molecule has 0 atom stereocenters. The molecule has 0 unspecified atom stereocenters. The van der Waals surface area contributed by atoms with Gasteiger partial charge in [-0.05, 0) is 12.1 Å². The number of nitrogens with zero attached hydrogens (tertiary/aromatic N) is 1. The molecule has 1 aromatic carbocycles. The number of nitrogens with one attached hydrogen (secondary N) is 1. The van der Waals surface area contributed by atoms with Gasteiger partial charge >= 0.3 is 0 Å². The second-order valence-corrected chi connectivity index (χ2v) is 3.58. The third-order valence-electron chi connectivity index (χ3n) is 1.97. The number of hydrogen-bond donors (Lipinski definition) is 1. The van der Waals surface area contributed by atoms with Gasteiger partial charge in [0.05, 0.1) is 16.9 Å². The highest BCUT2D eigenvalue weighted by atomic mass is 35.5. The van der Waals surface area contributed by atoms with Crippen molar-refractivity contribution in [1.29, 1.82) is 0 Å². The Bertz CT molecular complexity index is 522. The lowest BCUT2D eigenvalue weighted by Crippen LogP contribution is -2.11. The van der Waals surface area contributed by atoms with E-state index in [1.54, 1.807) is 31.2 Å². The zero-order valence-corrected chi connectivity index (χ0v) is 9.28. The summed E-state index contributed by atoms with van der Waals surface area (Å²) >= 11 is 5.90. The number of oxazole rings is 1. The van der Waals surface area contributed by atoms with Crippen molar-refractivity contribution in [2.75, 3.05) is 5.32 Å². The number of aromatic nitrogens is 1. The lowest BCUT2D eigenvalue weighted by atomic mass is 10.3. The van der Waals surface area contributed by atoms with E-state index < -0.39 is 0 Å². The number of rotatable bonds is 2.